The molecule has 24 heavy (non-hydrogen) atoms. The van der Waals surface area contributed by atoms with Crippen molar-refractivity contribution < 1.29 is 14.7 Å². The maximum absolute atomic E-state index is 12.5. The first-order valence-corrected chi connectivity index (χ1v) is 8.64. The highest BCUT2D eigenvalue weighted by molar-refractivity contribution is 8.26. The van der Waals surface area contributed by atoms with Gasteiger partial charge < -0.3 is 9.67 Å². The lowest BCUT2D eigenvalue weighted by Crippen LogP contribution is -2.30. The van der Waals surface area contributed by atoms with Gasteiger partial charge in [-0.2, -0.15) is 0 Å². The monoisotopic (exact) mass is 360 g/mol. The van der Waals surface area contributed by atoms with Gasteiger partial charge in [0.2, 0.25) is 0 Å². The minimum atomic E-state index is -0.946. The highest BCUT2D eigenvalue weighted by Gasteiger charge is 2.32. The molecule has 1 aromatic carbocycles. The van der Waals surface area contributed by atoms with E-state index in [1.54, 1.807) is 0 Å². The molecule has 0 atom stereocenters. The Morgan fingerprint density at radius 1 is 1.38 bits per heavy atom. The van der Waals surface area contributed by atoms with Crippen molar-refractivity contribution in [3.05, 3.63) is 40.4 Å². The van der Waals surface area contributed by atoms with Crippen LogP contribution in [-0.2, 0) is 16.6 Å². The number of amides is 1. The molecule has 0 spiro atoms. The van der Waals surface area contributed by atoms with E-state index in [0.29, 0.717) is 9.23 Å². The van der Waals surface area contributed by atoms with Gasteiger partial charge in [-0.1, -0.05) is 42.2 Å². The van der Waals surface area contributed by atoms with Crippen LogP contribution in [0.25, 0.3) is 17.0 Å². The van der Waals surface area contributed by atoms with Crippen molar-refractivity contribution in [2.75, 3.05) is 6.54 Å². The second kappa shape index (κ2) is 6.41. The average Bonchev–Trinajstić information content (AvgIpc) is 2.95. The van der Waals surface area contributed by atoms with E-state index in [1.165, 1.54) is 16.7 Å². The second-order valence-electron chi connectivity index (χ2n) is 5.55. The SMILES string of the molecule is Cc1c(/C=C2/SC(=S)N(CCC(=O)O)C2=O)c2ccccc2n1C. The molecule has 0 aliphatic carbocycles. The number of thioether (sulfide) groups is 1. The molecule has 1 fully saturated rings. The first-order chi connectivity index (χ1) is 11.4. The Labute approximate surface area is 148 Å². The van der Waals surface area contributed by atoms with Crippen LogP contribution in [-0.4, -0.2) is 37.3 Å². The summed E-state index contributed by atoms with van der Waals surface area (Å²) in [5.74, 6) is -1.17. The molecule has 0 saturated carbocycles. The smallest absolute Gasteiger partial charge is 0.305 e. The number of aryl methyl sites for hydroxylation is 1. The summed E-state index contributed by atoms with van der Waals surface area (Å²) in [6, 6.07) is 8.02. The van der Waals surface area contributed by atoms with Crippen LogP contribution in [0.5, 0.6) is 0 Å². The van der Waals surface area contributed by atoms with Gasteiger partial charge in [-0.05, 0) is 19.1 Å². The molecule has 124 valence electrons. The number of thiocarbonyl (C=S) groups is 1. The topological polar surface area (TPSA) is 62.5 Å². The number of aromatic nitrogens is 1. The molecule has 1 aliphatic heterocycles. The number of carbonyl (C=O) groups is 2. The van der Waals surface area contributed by atoms with Crippen molar-refractivity contribution in [3.8, 4) is 0 Å². The van der Waals surface area contributed by atoms with E-state index in [4.69, 9.17) is 17.3 Å². The molecule has 1 saturated heterocycles. The Kier molecular flexibility index (Phi) is 4.47. The lowest BCUT2D eigenvalue weighted by molar-refractivity contribution is -0.137. The molecule has 5 nitrogen and oxygen atoms in total. The predicted molar refractivity (Wildman–Crippen MR) is 99.8 cm³/mol. The third kappa shape index (κ3) is 2.85. The van der Waals surface area contributed by atoms with Crippen LogP contribution in [0.3, 0.4) is 0 Å². The fourth-order valence-electron chi connectivity index (χ4n) is 2.76. The number of rotatable bonds is 4. The lowest BCUT2D eigenvalue weighted by atomic mass is 10.1. The zero-order valence-electron chi connectivity index (χ0n) is 13.3. The summed E-state index contributed by atoms with van der Waals surface area (Å²) in [6.45, 7) is 2.11. The highest BCUT2D eigenvalue weighted by Crippen LogP contribution is 2.35. The van der Waals surface area contributed by atoms with E-state index in [0.717, 1.165) is 22.2 Å². The van der Waals surface area contributed by atoms with Gasteiger partial charge >= 0.3 is 5.97 Å². The third-order valence-electron chi connectivity index (χ3n) is 4.15. The average molecular weight is 360 g/mol. The van der Waals surface area contributed by atoms with Gasteiger partial charge in [-0.25, -0.2) is 0 Å². The van der Waals surface area contributed by atoms with E-state index in [2.05, 4.69) is 4.57 Å². The summed E-state index contributed by atoms with van der Waals surface area (Å²) in [4.78, 5) is 25.2. The number of hydrogen-bond donors (Lipinski definition) is 1. The minimum Gasteiger partial charge on any atom is -0.481 e. The molecule has 1 amide bonds. The number of aliphatic carboxylic acids is 1. The van der Waals surface area contributed by atoms with Crippen molar-refractivity contribution in [1.82, 2.24) is 9.47 Å². The molecule has 7 heteroatoms. The summed E-state index contributed by atoms with van der Waals surface area (Å²) < 4.78 is 2.50. The second-order valence-corrected chi connectivity index (χ2v) is 7.23. The van der Waals surface area contributed by atoms with E-state index < -0.39 is 5.97 Å². The van der Waals surface area contributed by atoms with Crippen molar-refractivity contribution in [2.24, 2.45) is 7.05 Å². The van der Waals surface area contributed by atoms with Crippen LogP contribution in [0.15, 0.2) is 29.2 Å². The number of nitrogens with zero attached hydrogens (tertiary/aromatic N) is 2. The summed E-state index contributed by atoms with van der Waals surface area (Å²) in [5, 5.41) is 9.88. The van der Waals surface area contributed by atoms with Crippen LogP contribution < -0.4 is 0 Å². The molecule has 1 aromatic heterocycles. The van der Waals surface area contributed by atoms with Crippen LogP contribution in [0.1, 0.15) is 17.7 Å². The molecule has 2 heterocycles. The number of fused-ring (bicyclic) bond motifs is 1. The molecule has 0 unspecified atom stereocenters. The van der Waals surface area contributed by atoms with Gasteiger partial charge in [0.25, 0.3) is 5.91 Å². The Bertz CT molecular complexity index is 899. The molecule has 3 rings (SSSR count). The van der Waals surface area contributed by atoms with Crippen LogP contribution in [0.2, 0.25) is 0 Å². The molecular weight excluding hydrogens is 344 g/mol. The van der Waals surface area contributed by atoms with Gasteiger partial charge in [0.05, 0.1) is 11.3 Å². The van der Waals surface area contributed by atoms with Crippen molar-refractivity contribution in [3.63, 3.8) is 0 Å². The Balaban J connectivity index is 1.98. The maximum atomic E-state index is 12.5. The van der Waals surface area contributed by atoms with Crippen LogP contribution >= 0.6 is 24.0 Å². The van der Waals surface area contributed by atoms with Crippen molar-refractivity contribution in [1.29, 1.82) is 0 Å². The maximum Gasteiger partial charge on any atom is 0.305 e. The first kappa shape index (κ1) is 16.7. The highest BCUT2D eigenvalue weighted by atomic mass is 32.2. The number of carbonyl (C=O) groups excluding carboxylic acids is 1. The van der Waals surface area contributed by atoms with Gasteiger partial charge in [-0.15, -0.1) is 0 Å². The number of benzene rings is 1. The fraction of sp³-hybridized carbons (Fsp3) is 0.235. The Hall–Kier alpha value is -2.12. The molecule has 1 N–H and O–H groups in total. The van der Waals surface area contributed by atoms with Crippen molar-refractivity contribution >= 4 is 57.2 Å². The fourth-order valence-corrected chi connectivity index (χ4v) is 4.05. The van der Waals surface area contributed by atoms with E-state index >= 15 is 0 Å². The molecule has 0 bridgehead atoms. The predicted octanol–water partition coefficient (Wildman–Crippen LogP) is 3.16. The standard InChI is InChI=1S/C17H16N2O3S2/c1-10-12(11-5-3-4-6-13(11)18(10)2)9-14-16(22)19(17(23)24-14)8-7-15(20)21/h3-6,9H,7-8H2,1-2H3,(H,20,21)/b14-9+. The van der Waals surface area contributed by atoms with E-state index in [1.807, 2.05) is 44.3 Å². The first-order valence-electron chi connectivity index (χ1n) is 7.41. The van der Waals surface area contributed by atoms with Gasteiger partial charge in [-0.3, -0.25) is 14.5 Å². The van der Waals surface area contributed by atoms with Crippen molar-refractivity contribution in [2.45, 2.75) is 13.3 Å². The van der Waals surface area contributed by atoms with E-state index in [-0.39, 0.29) is 18.9 Å². The summed E-state index contributed by atoms with van der Waals surface area (Å²) in [5.41, 5.74) is 3.15. The minimum absolute atomic E-state index is 0.103. The summed E-state index contributed by atoms with van der Waals surface area (Å²) in [6.07, 6.45) is 1.74. The largest absolute Gasteiger partial charge is 0.481 e. The van der Waals surface area contributed by atoms with Gasteiger partial charge in [0.1, 0.15) is 4.32 Å². The molecule has 2 aromatic rings. The normalized spacial score (nSPS) is 16.6. The number of para-hydroxylation sites is 1. The molecular formula is C17H16N2O3S2. The zero-order valence-corrected chi connectivity index (χ0v) is 14.9. The van der Waals surface area contributed by atoms with Gasteiger partial charge in [0.15, 0.2) is 0 Å². The molecule has 0 radical (unpaired) electrons. The van der Waals surface area contributed by atoms with E-state index in [9.17, 15) is 9.59 Å². The third-order valence-corrected chi connectivity index (χ3v) is 5.52. The Morgan fingerprint density at radius 2 is 2.08 bits per heavy atom. The zero-order chi connectivity index (χ0) is 17.4. The lowest BCUT2D eigenvalue weighted by Gasteiger charge is -2.12. The quantitative estimate of drug-likeness (QED) is 0.670. The summed E-state index contributed by atoms with van der Waals surface area (Å²) >= 11 is 6.45. The Morgan fingerprint density at radius 3 is 2.79 bits per heavy atom. The van der Waals surface area contributed by atoms with Crippen LogP contribution in [0, 0.1) is 6.92 Å². The van der Waals surface area contributed by atoms with Gasteiger partial charge in [0, 0.05) is 35.8 Å². The summed E-state index contributed by atoms with van der Waals surface area (Å²) in [7, 11) is 1.99. The number of hydrogen-bond acceptors (Lipinski definition) is 4. The van der Waals surface area contributed by atoms with Crippen LogP contribution in [0.4, 0.5) is 0 Å². The number of carboxylic acids is 1. The molecule has 1 aliphatic rings. The number of carboxylic acid groups (broad SMARTS) is 1.